The fourth-order valence-corrected chi connectivity index (χ4v) is 3.02. The number of carbonyl (C=O) groups is 1. The Labute approximate surface area is 150 Å². The standard InChI is InChI=1S/C16H12IN3O2S/c1-23-11-5-2-9(3-6-11)15(21)20-19-14-12-8-10(17)4-7-13(12)18-16(14)22/h2-8,18,22H,1H3. The number of thioether (sulfide) groups is 1. The van der Waals surface area contributed by atoms with Gasteiger partial charge in [0.2, 0.25) is 5.88 Å². The fourth-order valence-electron chi connectivity index (χ4n) is 2.12. The predicted octanol–water partition coefficient (Wildman–Crippen LogP) is 5.12. The van der Waals surface area contributed by atoms with Gasteiger partial charge in [-0.1, -0.05) is 0 Å². The molecule has 1 amide bonds. The number of hydrogen-bond acceptors (Lipinski definition) is 4. The van der Waals surface area contributed by atoms with E-state index in [1.807, 2.05) is 36.6 Å². The van der Waals surface area contributed by atoms with E-state index in [2.05, 4.69) is 37.8 Å². The topological polar surface area (TPSA) is 77.8 Å². The van der Waals surface area contributed by atoms with Crippen LogP contribution < -0.4 is 0 Å². The molecule has 0 saturated heterocycles. The average molecular weight is 437 g/mol. The summed E-state index contributed by atoms with van der Waals surface area (Å²) in [5.41, 5.74) is 1.47. The minimum absolute atomic E-state index is 0.101. The van der Waals surface area contributed by atoms with Crippen LogP contribution in [-0.4, -0.2) is 22.3 Å². The van der Waals surface area contributed by atoms with E-state index >= 15 is 0 Å². The van der Waals surface area contributed by atoms with Crippen LogP contribution in [0.3, 0.4) is 0 Å². The number of H-pyrrole nitrogens is 1. The van der Waals surface area contributed by atoms with Crippen molar-refractivity contribution >= 4 is 56.9 Å². The second-order valence-electron chi connectivity index (χ2n) is 4.75. The van der Waals surface area contributed by atoms with Gasteiger partial charge in [0.1, 0.15) is 0 Å². The molecule has 3 aromatic rings. The minimum atomic E-state index is -0.447. The Morgan fingerprint density at radius 2 is 1.96 bits per heavy atom. The number of aromatic amines is 1. The summed E-state index contributed by atoms with van der Waals surface area (Å²) < 4.78 is 1.00. The quantitative estimate of drug-likeness (QED) is 0.339. The molecule has 7 heteroatoms. The van der Waals surface area contributed by atoms with E-state index in [1.165, 1.54) is 0 Å². The number of nitrogens with one attached hydrogen (secondary N) is 1. The number of benzene rings is 2. The van der Waals surface area contributed by atoms with E-state index in [9.17, 15) is 9.90 Å². The molecule has 2 N–H and O–H groups in total. The maximum Gasteiger partial charge on any atom is 0.295 e. The van der Waals surface area contributed by atoms with Crippen molar-refractivity contribution < 1.29 is 9.90 Å². The Morgan fingerprint density at radius 3 is 2.65 bits per heavy atom. The fraction of sp³-hybridized carbons (Fsp3) is 0.0625. The van der Waals surface area contributed by atoms with E-state index in [0.717, 1.165) is 19.4 Å². The molecular formula is C16H12IN3O2S. The molecule has 0 atom stereocenters. The normalized spacial score (nSPS) is 11.4. The largest absolute Gasteiger partial charge is 0.493 e. The Balaban J connectivity index is 1.91. The number of amides is 1. The Hall–Kier alpha value is -1.87. The van der Waals surface area contributed by atoms with Gasteiger partial charge in [0.25, 0.3) is 5.91 Å². The number of fused-ring (bicyclic) bond motifs is 1. The van der Waals surface area contributed by atoms with Crippen molar-refractivity contribution in [1.82, 2.24) is 4.98 Å². The van der Waals surface area contributed by atoms with Crippen molar-refractivity contribution in [1.29, 1.82) is 0 Å². The van der Waals surface area contributed by atoms with Gasteiger partial charge in [-0.05, 0) is 71.3 Å². The molecule has 0 aliphatic carbocycles. The molecule has 0 bridgehead atoms. The minimum Gasteiger partial charge on any atom is -0.493 e. The maximum atomic E-state index is 12.1. The molecule has 0 spiro atoms. The number of hydrogen-bond donors (Lipinski definition) is 2. The van der Waals surface area contributed by atoms with Crippen molar-refractivity contribution in [3.05, 3.63) is 51.6 Å². The van der Waals surface area contributed by atoms with Crippen LogP contribution in [0.25, 0.3) is 10.9 Å². The number of rotatable bonds is 3. The van der Waals surface area contributed by atoms with Gasteiger partial charge in [-0.25, -0.2) is 0 Å². The number of azo groups is 1. The summed E-state index contributed by atoms with van der Waals surface area (Å²) >= 11 is 3.78. The lowest BCUT2D eigenvalue weighted by molar-refractivity contribution is 0.0995. The third kappa shape index (κ3) is 3.40. The second kappa shape index (κ2) is 6.71. The van der Waals surface area contributed by atoms with Gasteiger partial charge in [0, 0.05) is 19.4 Å². The number of carbonyl (C=O) groups excluding carboxylic acids is 1. The predicted molar refractivity (Wildman–Crippen MR) is 99.8 cm³/mol. The van der Waals surface area contributed by atoms with Gasteiger partial charge < -0.3 is 10.1 Å². The SMILES string of the molecule is CSc1ccc(C(=O)N=Nc2c(O)[nH]c3ccc(I)cc23)cc1. The molecule has 0 unspecified atom stereocenters. The maximum absolute atomic E-state index is 12.1. The molecule has 116 valence electrons. The van der Waals surface area contributed by atoms with Crippen LogP contribution in [0.1, 0.15) is 10.4 Å². The van der Waals surface area contributed by atoms with Gasteiger partial charge in [0.05, 0.1) is 5.52 Å². The smallest absolute Gasteiger partial charge is 0.295 e. The molecule has 0 radical (unpaired) electrons. The molecule has 0 fully saturated rings. The van der Waals surface area contributed by atoms with E-state index < -0.39 is 5.91 Å². The molecule has 0 aliphatic heterocycles. The monoisotopic (exact) mass is 437 g/mol. The number of nitrogens with zero attached hydrogens (tertiary/aromatic N) is 2. The highest BCUT2D eigenvalue weighted by atomic mass is 127. The number of halogens is 1. The lowest BCUT2D eigenvalue weighted by atomic mass is 10.2. The zero-order valence-corrected chi connectivity index (χ0v) is 15.1. The Morgan fingerprint density at radius 1 is 1.22 bits per heavy atom. The Bertz CT molecular complexity index is 904. The van der Waals surface area contributed by atoms with Crippen molar-refractivity contribution in [3.8, 4) is 5.88 Å². The average Bonchev–Trinajstić information content (AvgIpc) is 2.87. The highest BCUT2D eigenvalue weighted by molar-refractivity contribution is 14.1. The summed E-state index contributed by atoms with van der Waals surface area (Å²) in [5.74, 6) is -0.548. The second-order valence-corrected chi connectivity index (χ2v) is 6.87. The highest BCUT2D eigenvalue weighted by Crippen LogP contribution is 2.36. The van der Waals surface area contributed by atoms with Gasteiger partial charge >= 0.3 is 0 Å². The van der Waals surface area contributed by atoms with Crippen LogP contribution in [0.2, 0.25) is 0 Å². The van der Waals surface area contributed by atoms with Crippen molar-refractivity contribution in [2.45, 2.75) is 4.90 Å². The molecule has 1 aromatic heterocycles. The first-order chi connectivity index (χ1) is 11.1. The summed E-state index contributed by atoms with van der Waals surface area (Å²) in [6.45, 7) is 0. The van der Waals surface area contributed by atoms with Crippen LogP contribution in [-0.2, 0) is 0 Å². The molecule has 3 rings (SSSR count). The van der Waals surface area contributed by atoms with Gasteiger partial charge in [-0.15, -0.1) is 22.0 Å². The molecule has 5 nitrogen and oxygen atoms in total. The molecular weight excluding hydrogens is 425 g/mol. The first kappa shape index (κ1) is 16.0. The molecule has 0 aliphatic rings. The van der Waals surface area contributed by atoms with E-state index in [0.29, 0.717) is 5.56 Å². The lowest BCUT2D eigenvalue weighted by Gasteiger charge is -1.97. The van der Waals surface area contributed by atoms with Crippen LogP contribution in [0.15, 0.2) is 57.6 Å². The Kier molecular flexibility index (Phi) is 4.67. The molecule has 23 heavy (non-hydrogen) atoms. The highest BCUT2D eigenvalue weighted by Gasteiger charge is 2.12. The van der Waals surface area contributed by atoms with Gasteiger partial charge in [-0.2, -0.15) is 0 Å². The summed E-state index contributed by atoms with van der Waals surface area (Å²) in [5, 5.41) is 18.3. The van der Waals surface area contributed by atoms with Crippen molar-refractivity contribution in [3.63, 3.8) is 0 Å². The summed E-state index contributed by atoms with van der Waals surface area (Å²) in [4.78, 5) is 16.0. The van der Waals surface area contributed by atoms with E-state index in [4.69, 9.17) is 0 Å². The molecule has 2 aromatic carbocycles. The van der Waals surface area contributed by atoms with Crippen molar-refractivity contribution in [2.24, 2.45) is 10.2 Å². The zero-order valence-electron chi connectivity index (χ0n) is 12.1. The van der Waals surface area contributed by atoms with E-state index in [1.54, 1.807) is 23.9 Å². The van der Waals surface area contributed by atoms with Gasteiger partial charge in [0.15, 0.2) is 5.69 Å². The lowest BCUT2D eigenvalue weighted by Crippen LogP contribution is -1.92. The van der Waals surface area contributed by atoms with Crippen LogP contribution in [0.4, 0.5) is 5.69 Å². The first-order valence-corrected chi connectivity index (χ1v) is 8.99. The third-order valence-electron chi connectivity index (χ3n) is 3.29. The first-order valence-electron chi connectivity index (χ1n) is 6.69. The summed E-state index contributed by atoms with van der Waals surface area (Å²) in [6, 6.07) is 12.8. The third-order valence-corrected chi connectivity index (χ3v) is 4.71. The number of aromatic nitrogens is 1. The summed E-state index contributed by atoms with van der Waals surface area (Å²) in [6.07, 6.45) is 1.97. The zero-order chi connectivity index (χ0) is 16.4. The molecule has 0 saturated carbocycles. The van der Waals surface area contributed by atoms with Gasteiger partial charge in [-0.3, -0.25) is 4.79 Å². The van der Waals surface area contributed by atoms with Crippen LogP contribution >= 0.6 is 34.4 Å². The van der Waals surface area contributed by atoms with Crippen molar-refractivity contribution in [2.75, 3.05) is 6.26 Å². The van der Waals surface area contributed by atoms with E-state index in [-0.39, 0.29) is 11.6 Å². The van der Waals surface area contributed by atoms with Crippen LogP contribution in [0.5, 0.6) is 5.88 Å². The summed E-state index contributed by atoms with van der Waals surface area (Å²) in [7, 11) is 0. The molecule has 1 heterocycles. The van der Waals surface area contributed by atoms with Crippen LogP contribution in [0, 0.1) is 3.57 Å². The number of aromatic hydroxyl groups is 1.